The Morgan fingerprint density at radius 2 is 1.75 bits per heavy atom. The van der Waals surface area contributed by atoms with E-state index in [4.69, 9.17) is 4.42 Å². The Bertz CT molecular complexity index is 1040. The molecule has 1 saturated heterocycles. The predicted octanol–water partition coefficient (Wildman–Crippen LogP) is 3.37. The second-order valence-corrected chi connectivity index (χ2v) is 10.0. The fourth-order valence-corrected chi connectivity index (χ4v) is 4.22. The topological polar surface area (TPSA) is 125 Å². The highest BCUT2D eigenvalue weighted by Gasteiger charge is 2.44. The number of aromatic nitrogens is 1. The number of hydrogen-bond acceptors (Lipinski definition) is 6. The number of amides is 3. The summed E-state index contributed by atoms with van der Waals surface area (Å²) in [6, 6.07) is 5.67. The summed E-state index contributed by atoms with van der Waals surface area (Å²) in [5.74, 6) is -0.349. The first-order chi connectivity index (χ1) is 16.9. The molecule has 1 aliphatic rings. The fraction of sp³-hybridized carbons (Fsp3) is 0.556. The molecule has 4 atom stereocenters. The van der Waals surface area contributed by atoms with Gasteiger partial charge in [0.15, 0.2) is 12.2 Å². The van der Waals surface area contributed by atoms with Crippen LogP contribution in [-0.2, 0) is 14.4 Å². The Hall–Kier alpha value is -3.20. The quantitative estimate of drug-likeness (QED) is 0.559. The molecule has 3 rings (SSSR count). The van der Waals surface area contributed by atoms with Crippen molar-refractivity contribution in [2.24, 2.45) is 5.41 Å². The number of carbonyl (C=O) groups is 3. The third kappa shape index (κ3) is 6.94. The normalized spacial score (nSPS) is 19.1. The molecule has 0 bridgehead atoms. The Morgan fingerprint density at radius 1 is 1.14 bits per heavy atom. The molecule has 0 spiro atoms. The van der Waals surface area contributed by atoms with Crippen molar-refractivity contribution < 1.29 is 23.9 Å². The minimum atomic E-state index is -0.820. The Kier molecular flexibility index (Phi) is 9.81. The van der Waals surface area contributed by atoms with Crippen molar-refractivity contribution in [1.82, 2.24) is 20.5 Å². The standard InChI is InChI=1S/C25H34N4O5.C2H6/c1-14(17-7-9-18(10-8-17)21-15(2)26-13-34-21)27-23(32)20-11-19(31)12-29(20)24(33)22(25(4,5)6)28-16(3)30;1-2/h7-10,13-14,19-20,22,31H,11-12H2,1-6H3,(H,27,32)(H,28,30);1-2H3. The van der Waals surface area contributed by atoms with Crippen LogP contribution in [0.25, 0.3) is 11.3 Å². The number of benzene rings is 1. The first-order valence-electron chi connectivity index (χ1n) is 12.4. The van der Waals surface area contributed by atoms with Gasteiger partial charge in [0.25, 0.3) is 0 Å². The molecule has 0 radical (unpaired) electrons. The van der Waals surface area contributed by atoms with Crippen molar-refractivity contribution in [1.29, 1.82) is 0 Å². The van der Waals surface area contributed by atoms with Crippen LogP contribution in [-0.4, -0.2) is 57.4 Å². The average Bonchev–Trinajstić information content (AvgIpc) is 3.43. The third-order valence-electron chi connectivity index (χ3n) is 6.10. The first kappa shape index (κ1) is 29.0. The highest BCUT2D eigenvalue weighted by Crippen LogP contribution is 2.27. The Morgan fingerprint density at radius 3 is 2.25 bits per heavy atom. The van der Waals surface area contributed by atoms with E-state index >= 15 is 0 Å². The number of aliphatic hydroxyl groups is 1. The number of aliphatic hydroxyl groups excluding tert-OH is 1. The van der Waals surface area contributed by atoms with Gasteiger partial charge in [0.05, 0.1) is 17.8 Å². The summed E-state index contributed by atoms with van der Waals surface area (Å²) >= 11 is 0. The van der Waals surface area contributed by atoms with E-state index in [-0.39, 0.29) is 36.7 Å². The molecule has 1 aromatic carbocycles. The Labute approximate surface area is 213 Å². The van der Waals surface area contributed by atoms with Crippen LogP contribution in [0.15, 0.2) is 35.1 Å². The SMILES string of the molecule is CC.CC(=O)NC(C(=O)N1CC(O)CC1C(=O)NC(C)c1ccc(-c2ocnc2C)cc1)C(C)(C)C. The van der Waals surface area contributed by atoms with Gasteiger partial charge in [-0.25, -0.2) is 4.98 Å². The van der Waals surface area contributed by atoms with Gasteiger partial charge >= 0.3 is 0 Å². The van der Waals surface area contributed by atoms with Gasteiger partial charge in [-0.2, -0.15) is 0 Å². The maximum Gasteiger partial charge on any atom is 0.246 e. The lowest BCUT2D eigenvalue weighted by Crippen LogP contribution is -2.57. The van der Waals surface area contributed by atoms with Gasteiger partial charge in [-0.1, -0.05) is 58.9 Å². The van der Waals surface area contributed by atoms with Crippen molar-refractivity contribution in [3.8, 4) is 11.3 Å². The molecule has 1 aromatic heterocycles. The molecular formula is C27H40N4O5. The lowest BCUT2D eigenvalue weighted by atomic mass is 9.85. The molecule has 3 N–H and O–H groups in total. The molecular weight excluding hydrogens is 460 g/mol. The molecule has 2 aromatic rings. The zero-order valence-corrected chi connectivity index (χ0v) is 22.6. The number of hydrogen-bond donors (Lipinski definition) is 3. The summed E-state index contributed by atoms with van der Waals surface area (Å²) in [4.78, 5) is 43.7. The average molecular weight is 501 g/mol. The van der Waals surface area contributed by atoms with Crippen LogP contribution in [0.5, 0.6) is 0 Å². The van der Waals surface area contributed by atoms with E-state index in [9.17, 15) is 19.5 Å². The highest BCUT2D eigenvalue weighted by molar-refractivity contribution is 5.93. The summed E-state index contributed by atoms with van der Waals surface area (Å²) in [5.41, 5.74) is 2.01. The molecule has 2 heterocycles. The molecule has 9 heteroatoms. The van der Waals surface area contributed by atoms with Crippen molar-refractivity contribution in [3.05, 3.63) is 41.9 Å². The van der Waals surface area contributed by atoms with Crippen LogP contribution < -0.4 is 10.6 Å². The van der Waals surface area contributed by atoms with Gasteiger partial charge in [0, 0.05) is 25.5 Å². The fourth-order valence-electron chi connectivity index (χ4n) is 4.22. The van der Waals surface area contributed by atoms with E-state index < -0.39 is 23.6 Å². The van der Waals surface area contributed by atoms with E-state index in [0.29, 0.717) is 5.76 Å². The molecule has 1 fully saturated rings. The largest absolute Gasteiger partial charge is 0.443 e. The van der Waals surface area contributed by atoms with Crippen LogP contribution in [0.1, 0.15) is 72.2 Å². The lowest BCUT2D eigenvalue weighted by Gasteiger charge is -2.35. The van der Waals surface area contributed by atoms with E-state index in [1.165, 1.54) is 18.2 Å². The molecule has 9 nitrogen and oxygen atoms in total. The minimum absolute atomic E-state index is 0.0443. The lowest BCUT2D eigenvalue weighted by molar-refractivity contribution is -0.144. The monoisotopic (exact) mass is 500 g/mol. The molecule has 36 heavy (non-hydrogen) atoms. The van der Waals surface area contributed by atoms with Crippen LogP contribution in [0, 0.1) is 12.3 Å². The molecule has 3 amide bonds. The number of β-amino-alcohol motifs (C(OH)–C–C–N with tert-alkyl or cyclic N) is 1. The summed E-state index contributed by atoms with van der Waals surface area (Å²) in [7, 11) is 0. The van der Waals surface area contributed by atoms with E-state index in [1.54, 1.807) is 0 Å². The minimum Gasteiger partial charge on any atom is -0.443 e. The van der Waals surface area contributed by atoms with Gasteiger partial charge in [-0.05, 0) is 24.8 Å². The number of nitrogens with one attached hydrogen (secondary N) is 2. The number of oxazole rings is 1. The summed E-state index contributed by atoms with van der Waals surface area (Å²) in [6.45, 7) is 14.7. The summed E-state index contributed by atoms with van der Waals surface area (Å²) < 4.78 is 5.43. The van der Waals surface area contributed by atoms with Crippen LogP contribution in [0.3, 0.4) is 0 Å². The van der Waals surface area contributed by atoms with Gasteiger partial charge in [-0.15, -0.1) is 0 Å². The van der Waals surface area contributed by atoms with E-state index in [1.807, 2.05) is 72.7 Å². The number of carbonyl (C=O) groups excluding carboxylic acids is 3. The second kappa shape index (κ2) is 12.2. The predicted molar refractivity (Wildman–Crippen MR) is 138 cm³/mol. The number of rotatable bonds is 6. The van der Waals surface area contributed by atoms with Crippen molar-refractivity contribution >= 4 is 17.7 Å². The molecule has 4 unspecified atom stereocenters. The molecule has 0 saturated carbocycles. The van der Waals surface area contributed by atoms with Gasteiger partial charge < -0.3 is 25.1 Å². The third-order valence-corrected chi connectivity index (χ3v) is 6.10. The van der Waals surface area contributed by atoms with Crippen molar-refractivity contribution in [3.63, 3.8) is 0 Å². The Balaban J connectivity index is 0.00000222. The smallest absolute Gasteiger partial charge is 0.246 e. The summed E-state index contributed by atoms with van der Waals surface area (Å²) in [5, 5.41) is 15.9. The van der Waals surface area contributed by atoms with Gasteiger partial charge in [0.2, 0.25) is 17.7 Å². The van der Waals surface area contributed by atoms with Gasteiger partial charge in [0.1, 0.15) is 12.1 Å². The molecule has 0 aliphatic carbocycles. The molecule has 1 aliphatic heterocycles. The number of nitrogens with zero attached hydrogens (tertiary/aromatic N) is 2. The highest BCUT2D eigenvalue weighted by atomic mass is 16.3. The van der Waals surface area contributed by atoms with Crippen LogP contribution >= 0.6 is 0 Å². The number of aryl methyl sites for hydroxylation is 1. The van der Waals surface area contributed by atoms with Crippen LogP contribution in [0.2, 0.25) is 0 Å². The first-order valence-corrected chi connectivity index (χ1v) is 12.4. The second-order valence-electron chi connectivity index (χ2n) is 10.0. The van der Waals surface area contributed by atoms with E-state index in [2.05, 4.69) is 15.6 Å². The maximum absolute atomic E-state index is 13.3. The van der Waals surface area contributed by atoms with Gasteiger partial charge in [-0.3, -0.25) is 14.4 Å². The van der Waals surface area contributed by atoms with Crippen LogP contribution in [0.4, 0.5) is 0 Å². The zero-order valence-electron chi connectivity index (χ0n) is 22.6. The zero-order chi connectivity index (χ0) is 27.2. The van der Waals surface area contributed by atoms with Crippen molar-refractivity contribution in [2.75, 3.05) is 6.54 Å². The molecule has 198 valence electrons. The number of likely N-dealkylation sites (tertiary alicyclic amines) is 1. The summed E-state index contributed by atoms with van der Waals surface area (Å²) in [6.07, 6.45) is 0.739. The van der Waals surface area contributed by atoms with Crippen molar-refractivity contribution in [2.45, 2.75) is 86.0 Å². The van der Waals surface area contributed by atoms with E-state index in [0.717, 1.165) is 16.8 Å². The maximum atomic E-state index is 13.3.